The molecule has 2 rings (SSSR count). The summed E-state index contributed by atoms with van der Waals surface area (Å²) < 4.78 is 0. The third-order valence-electron chi connectivity index (χ3n) is 1.99. The minimum atomic E-state index is -0.512. The number of aromatic nitrogens is 2. The highest BCUT2D eigenvalue weighted by Crippen LogP contribution is 2.15. The number of nitrogens with one attached hydrogen (secondary N) is 1. The van der Waals surface area contributed by atoms with Crippen LogP contribution in [0.25, 0.3) is 10.9 Å². The van der Waals surface area contributed by atoms with Crippen LogP contribution in [0, 0.1) is 0 Å². The molecule has 1 aromatic heterocycles. The van der Waals surface area contributed by atoms with Gasteiger partial charge in [-0.1, -0.05) is 0 Å². The fourth-order valence-electron chi connectivity index (χ4n) is 1.28. The van der Waals surface area contributed by atoms with Crippen molar-refractivity contribution >= 4 is 23.1 Å². The predicted molar refractivity (Wildman–Crippen MR) is 50.0 cm³/mol. The van der Waals surface area contributed by atoms with E-state index in [2.05, 4.69) is 10.2 Å². The van der Waals surface area contributed by atoms with Crippen LogP contribution in [-0.4, -0.2) is 22.4 Å². The summed E-state index contributed by atoms with van der Waals surface area (Å²) in [6.07, 6.45) is 0.680. The number of primary amides is 1. The van der Waals surface area contributed by atoms with Crippen LogP contribution in [0.15, 0.2) is 18.2 Å². The minimum absolute atomic E-state index is 0.376. The first-order chi connectivity index (χ1) is 6.72. The first-order valence-corrected chi connectivity index (χ1v) is 3.95. The Balaban J connectivity index is 2.68. The number of hydrogen-bond donors (Lipinski definition) is 2. The molecule has 0 unspecified atom stereocenters. The summed E-state index contributed by atoms with van der Waals surface area (Å²) in [5.41, 5.74) is 6.43. The van der Waals surface area contributed by atoms with Crippen LogP contribution >= 0.6 is 0 Å². The number of nitrogens with two attached hydrogens (primary N) is 1. The number of aldehydes is 1. The first-order valence-electron chi connectivity index (χ1n) is 3.95. The van der Waals surface area contributed by atoms with Crippen molar-refractivity contribution in [2.24, 2.45) is 5.73 Å². The molecule has 0 saturated carbocycles. The molecule has 0 saturated heterocycles. The van der Waals surface area contributed by atoms with Crippen molar-refractivity contribution in [2.45, 2.75) is 0 Å². The van der Waals surface area contributed by atoms with E-state index in [-0.39, 0.29) is 0 Å². The SMILES string of the molecule is NC(=O)c1ccc2c(C=O)[nH]nc2c1. The quantitative estimate of drug-likeness (QED) is 0.673. The van der Waals surface area contributed by atoms with Gasteiger partial charge in [0.25, 0.3) is 0 Å². The number of nitrogens with zero attached hydrogens (tertiary/aromatic N) is 1. The van der Waals surface area contributed by atoms with Gasteiger partial charge in [-0.15, -0.1) is 0 Å². The summed E-state index contributed by atoms with van der Waals surface area (Å²) in [6.45, 7) is 0. The Morgan fingerprint density at radius 2 is 2.29 bits per heavy atom. The average Bonchev–Trinajstić information content (AvgIpc) is 2.59. The van der Waals surface area contributed by atoms with Crippen LogP contribution in [0.5, 0.6) is 0 Å². The molecule has 5 nitrogen and oxygen atoms in total. The van der Waals surface area contributed by atoms with E-state index in [0.717, 1.165) is 0 Å². The largest absolute Gasteiger partial charge is 0.366 e. The highest BCUT2D eigenvalue weighted by atomic mass is 16.1. The summed E-state index contributed by atoms with van der Waals surface area (Å²) in [5, 5.41) is 7.11. The third kappa shape index (κ3) is 1.15. The van der Waals surface area contributed by atoms with E-state index in [0.29, 0.717) is 28.4 Å². The van der Waals surface area contributed by atoms with E-state index in [1.165, 1.54) is 0 Å². The van der Waals surface area contributed by atoms with Crippen LogP contribution < -0.4 is 5.73 Å². The third-order valence-corrected chi connectivity index (χ3v) is 1.99. The van der Waals surface area contributed by atoms with Gasteiger partial charge >= 0.3 is 0 Å². The zero-order valence-electron chi connectivity index (χ0n) is 7.15. The van der Waals surface area contributed by atoms with Crippen molar-refractivity contribution < 1.29 is 9.59 Å². The molecule has 0 spiro atoms. The van der Waals surface area contributed by atoms with E-state index < -0.39 is 5.91 Å². The van der Waals surface area contributed by atoms with Gasteiger partial charge in [-0.25, -0.2) is 0 Å². The fraction of sp³-hybridized carbons (Fsp3) is 0. The van der Waals surface area contributed by atoms with Crippen LogP contribution in [0.4, 0.5) is 0 Å². The van der Waals surface area contributed by atoms with Crippen molar-refractivity contribution in [3.05, 3.63) is 29.5 Å². The zero-order chi connectivity index (χ0) is 10.1. The number of fused-ring (bicyclic) bond motifs is 1. The standard InChI is InChI=1S/C9H7N3O2/c10-9(14)5-1-2-6-7(3-5)11-12-8(6)4-13/h1-4H,(H2,10,14)(H,11,12). The van der Waals surface area contributed by atoms with Gasteiger partial charge in [-0.3, -0.25) is 14.7 Å². The molecule has 1 heterocycles. The Bertz CT molecular complexity index is 516. The molecule has 0 aliphatic rings. The van der Waals surface area contributed by atoms with E-state index in [4.69, 9.17) is 5.73 Å². The summed E-state index contributed by atoms with van der Waals surface area (Å²) in [6, 6.07) is 4.75. The molecule has 0 radical (unpaired) electrons. The molecule has 5 heteroatoms. The number of rotatable bonds is 2. The molecule has 1 amide bonds. The lowest BCUT2D eigenvalue weighted by Crippen LogP contribution is -2.10. The van der Waals surface area contributed by atoms with Gasteiger partial charge in [0.05, 0.1) is 5.52 Å². The highest BCUT2D eigenvalue weighted by Gasteiger charge is 2.06. The Kier molecular flexibility index (Phi) is 1.78. The number of H-pyrrole nitrogens is 1. The van der Waals surface area contributed by atoms with Crippen molar-refractivity contribution in [3.8, 4) is 0 Å². The molecule has 0 atom stereocenters. The lowest BCUT2D eigenvalue weighted by molar-refractivity contribution is 0.1000. The Labute approximate surface area is 78.9 Å². The van der Waals surface area contributed by atoms with E-state index >= 15 is 0 Å². The Morgan fingerprint density at radius 1 is 1.50 bits per heavy atom. The van der Waals surface area contributed by atoms with E-state index in [9.17, 15) is 9.59 Å². The molecule has 0 fully saturated rings. The molecule has 0 bridgehead atoms. The molecule has 0 aliphatic carbocycles. The Morgan fingerprint density at radius 3 is 2.93 bits per heavy atom. The number of hydrogen-bond acceptors (Lipinski definition) is 3. The van der Waals surface area contributed by atoms with Gasteiger partial charge in [-0.05, 0) is 18.2 Å². The first kappa shape index (κ1) is 8.43. The summed E-state index contributed by atoms with van der Waals surface area (Å²) in [4.78, 5) is 21.4. The summed E-state index contributed by atoms with van der Waals surface area (Å²) >= 11 is 0. The second-order valence-corrected chi connectivity index (χ2v) is 2.85. The van der Waals surface area contributed by atoms with E-state index in [1.807, 2.05) is 0 Å². The number of amides is 1. The van der Waals surface area contributed by atoms with Crippen LogP contribution in [0.1, 0.15) is 20.8 Å². The molecule has 3 N–H and O–H groups in total. The monoisotopic (exact) mass is 189 g/mol. The van der Waals surface area contributed by atoms with Crippen molar-refractivity contribution in [2.75, 3.05) is 0 Å². The number of aromatic amines is 1. The maximum absolute atomic E-state index is 10.8. The van der Waals surface area contributed by atoms with Crippen LogP contribution in [0.3, 0.4) is 0 Å². The van der Waals surface area contributed by atoms with Gasteiger partial charge in [0.1, 0.15) is 5.69 Å². The van der Waals surface area contributed by atoms with Gasteiger partial charge in [0, 0.05) is 10.9 Å². The second-order valence-electron chi connectivity index (χ2n) is 2.85. The number of carbonyl (C=O) groups excluding carboxylic acids is 2. The van der Waals surface area contributed by atoms with Gasteiger partial charge < -0.3 is 5.73 Å². The molecular formula is C9H7N3O2. The van der Waals surface area contributed by atoms with Gasteiger partial charge in [0.15, 0.2) is 6.29 Å². The van der Waals surface area contributed by atoms with Crippen molar-refractivity contribution in [1.82, 2.24) is 10.2 Å². The summed E-state index contributed by atoms with van der Waals surface area (Å²) in [7, 11) is 0. The smallest absolute Gasteiger partial charge is 0.248 e. The van der Waals surface area contributed by atoms with Crippen LogP contribution in [-0.2, 0) is 0 Å². The normalized spacial score (nSPS) is 10.3. The summed E-state index contributed by atoms with van der Waals surface area (Å²) in [5.74, 6) is -0.512. The molecule has 1 aromatic carbocycles. The molecule has 2 aromatic rings. The molecule has 0 aliphatic heterocycles. The second kappa shape index (κ2) is 2.95. The Hall–Kier alpha value is -2.17. The van der Waals surface area contributed by atoms with Crippen molar-refractivity contribution in [1.29, 1.82) is 0 Å². The van der Waals surface area contributed by atoms with Crippen LogP contribution in [0.2, 0.25) is 0 Å². The number of benzene rings is 1. The lowest BCUT2D eigenvalue weighted by Gasteiger charge is -1.93. The predicted octanol–water partition coefficient (Wildman–Crippen LogP) is 0.474. The maximum Gasteiger partial charge on any atom is 0.248 e. The minimum Gasteiger partial charge on any atom is -0.366 e. The molecule has 14 heavy (non-hydrogen) atoms. The van der Waals surface area contributed by atoms with E-state index in [1.54, 1.807) is 18.2 Å². The average molecular weight is 189 g/mol. The topological polar surface area (TPSA) is 88.8 Å². The fourth-order valence-corrected chi connectivity index (χ4v) is 1.28. The number of carbonyl (C=O) groups is 2. The lowest BCUT2D eigenvalue weighted by atomic mass is 10.1. The van der Waals surface area contributed by atoms with Gasteiger partial charge in [-0.2, -0.15) is 5.10 Å². The zero-order valence-corrected chi connectivity index (χ0v) is 7.15. The highest BCUT2D eigenvalue weighted by molar-refractivity contribution is 6.00. The molecular weight excluding hydrogens is 182 g/mol. The van der Waals surface area contributed by atoms with Gasteiger partial charge in [0.2, 0.25) is 5.91 Å². The van der Waals surface area contributed by atoms with Crippen molar-refractivity contribution in [3.63, 3.8) is 0 Å². The molecule has 70 valence electrons. The maximum atomic E-state index is 10.8.